The van der Waals surface area contributed by atoms with Gasteiger partial charge >= 0.3 is 5.97 Å². The van der Waals surface area contributed by atoms with E-state index in [9.17, 15) is 9.59 Å². The third-order valence-electron chi connectivity index (χ3n) is 2.58. The summed E-state index contributed by atoms with van der Waals surface area (Å²) in [6.07, 6.45) is 0.811. The number of cyclic esters (lactones) is 1. The van der Waals surface area contributed by atoms with E-state index in [1.807, 2.05) is 24.3 Å². The molecule has 1 N–H and O–H groups in total. The molecule has 0 bridgehead atoms. The van der Waals surface area contributed by atoms with Gasteiger partial charge in [-0.1, -0.05) is 34.1 Å². The summed E-state index contributed by atoms with van der Waals surface area (Å²) >= 11 is 3.38. The number of amides is 1. The van der Waals surface area contributed by atoms with Crippen LogP contribution in [0.1, 0.15) is 12.0 Å². The Bertz CT molecular complexity index is 447. The van der Waals surface area contributed by atoms with Crippen LogP contribution in [0, 0.1) is 0 Å². The molecule has 90 valence electrons. The highest BCUT2D eigenvalue weighted by Crippen LogP contribution is 2.16. The maximum absolute atomic E-state index is 11.7. The SMILES string of the molecule is O=C(Cc1ccccc1Br)N[C@H]1CCOC1=O. The quantitative estimate of drug-likeness (QED) is 0.859. The smallest absolute Gasteiger partial charge is 0.328 e. The number of carbonyl (C=O) groups is 2. The van der Waals surface area contributed by atoms with Gasteiger partial charge in [-0.3, -0.25) is 4.79 Å². The van der Waals surface area contributed by atoms with Crippen LogP contribution in [0.2, 0.25) is 0 Å². The highest BCUT2D eigenvalue weighted by atomic mass is 79.9. The Morgan fingerprint density at radius 1 is 1.47 bits per heavy atom. The Hall–Kier alpha value is -1.36. The zero-order valence-electron chi connectivity index (χ0n) is 9.11. The first-order chi connectivity index (χ1) is 8.16. The summed E-state index contributed by atoms with van der Waals surface area (Å²) in [7, 11) is 0. The lowest BCUT2D eigenvalue weighted by Gasteiger charge is -2.09. The van der Waals surface area contributed by atoms with Crippen molar-refractivity contribution in [3.8, 4) is 0 Å². The van der Waals surface area contributed by atoms with Crippen LogP contribution in [0.25, 0.3) is 0 Å². The van der Waals surface area contributed by atoms with Crippen molar-refractivity contribution in [2.24, 2.45) is 0 Å². The monoisotopic (exact) mass is 297 g/mol. The molecule has 2 rings (SSSR count). The Kier molecular flexibility index (Phi) is 3.78. The van der Waals surface area contributed by atoms with Crippen LogP contribution in [-0.4, -0.2) is 24.5 Å². The van der Waals surface area contributed by atoms with Crippen molar-refractivity contribution in [2.75, 3.05) is 6.61 Å². The Morgan fingerprint density at radius 2 is 2.24 bits per heavy atom. The molecule has 0 radical (unpaired) electrons. The highest BCUT2D eigenvalue weighted by molar-refractivity contribution is 9.10. The lowest BCUT2D eigenvalue weighted by atomic mass is 10.1. The Labute approximate surface area is 107 Å². The molecule has 1 aliphatic rings. The van der Waals surface area contributed by atoms with Gasteiger partial charge in [0, 0.05) is 10.9 Å². The van der Waals surface area contributed by atoms with E-state index in [0.29, 0.717) is 13.0 Å². The largest absolute Gasteiger partial charge is 0.464 e. The predicted molar refractivity (Wildman–Crippen MR) is 65.4 cm³/mol. The molecule has 17 heavy (non-hydrogen) atoms. The number of halogens is 1. The van der Waals surface area contributed by atoms with E-state index in [2.05, 4.69) is 21.2 Å². The number of rotatable bonds is 3. The summed E-state index contributed by atoms with van der Waals surface area (Å²) < 4.78 is 5.67. The maximum Gasteiger partial charge on any atom is 0.328 e. The van der Waals surface area contributed by atoms with Gasteiger partial charge in [-0.2, -0.15) is 0 Å². The van der Waals surface area contributed by atoms with Gasteiger partial charge in [0.05, 0.1) is 13.0 Å². The van der Waals surface area contributed by atoms with Crippen LogP contribution in [0.4, 0.5) is 0 Å². The number of hydrogen-bond donors (Lipinski definition) is 1. The van der Waals surface area contributed by atoms with E-state index in [0.717, 1.165) is 10.0 Å². The zero-order chi connectivity index (χ0) is 12.3. The molecule has 1 aliphatic heterocycles. The minimum absolute atomic E-state index is 0.166. The van der Waals surface area contributed by atoms with Crippen LogP contribution >= 0.6 is 15.9 Å². The molecular weight excluding hydrogens is 286 g/mol. The second-order valence-electron chi connectivity index (χ2n) is 3.84. The number of hydrogen-bond acceptors (Lipinski definition) is 3. The number of nitrogens with one attached hydrogen (secondary N) is 1. The average molecular weight is 298 g/mol. The van der Waals surface area contributed by atoms with Crippen LogP contribution in [-0.2, 0) is 20.7 Å². The van der Waals surface area contributed by atoms with Gasteiger partial charge in [0.2, 0.25) is 5.91 Å². The second-order valence-corrected chi connectivity index (χ2v) is 4.70. The molecule has 0 aromatic heterocycles. The van der Waals surface area contributed by atoms with Crippen molar-refractivity contribution < 1.29 is 14.3 Å². The highest BCUT2D eigenvalue weighted by Gasteiger charge is 2.27. The predicted octanol–water partition coefficient (Wildman–Crippen LogP) is 1.42. The van der Waals surface area contributed by atoms with E-state index in [-0.39, 0.29) is 18.3 Å². The Balaban J connectivity index is 1.93. The molecular formula is C12H12BrNO3. The number of ether oxygens (including phenoxy) is 1. The fraction of sp³-hybridized carbons (Fsp3) is 0.333. The summed E-state index contributed by atoms with van der Waals surface area (Å²) in [5, 5.41) is 2.67. The van der Waals surface area contributed by atoms with E-state index in [1.165, 1.54) is 0 Å². The van der Waals surface area contributed by atoms with Crippen molar-refractivity contribution >= 4 is 27.8 Å². The van der Waals surface area contributed by atoms with E-state index < -0.39 is 6.04 Å². The maximum atomic E-state index is 11.7. The first-order valence-corrected chi connectivity index (χ1v) is 6.15. The van der Waals surface area contributed by atoms with Gasteiger partial charge in [0.15, 0.2) is 0 Å². The van der Waals surface area contributed by atoms with Gasteiger partial charge in [-0.25, -0.2) is 4.79 Å². The van der Waals surface area contributed by atoms with Crippen molar-refractivity contribution in [1.82, 2.24) is 5.32 Å². The topological polar surface area (TPSA) is 55.4 Å². The van der Waals surface area contributed by atoms with Crippen LogP contribution in [0.5, 0.6) is 0 Å². The molecule has 4 nitrogen and oxygen atoms in total. The lowest BCUT2D eigenvalue weighted by molar-refractivity contribution is -0.141. The van der Waals surface area contributed by atoms with Crippen molar-refractivity contribution in [2.45, 2.75) is 18.9 Å². The Morgan fingerprint density at radius 3 is 2.88 bits per heavy atom. The molecule has 0 aliphatic carbocycles. The minimum atomic E-state index is -0.481. The molecule has 1 fully saturated rings. The lowest BCUT2D eigenvalue weighted by Crippen LogP contribution is -2.38. The number of carbonyl (C=O) groups excluding carboxylic acids is 2. The number of esters is 1. The van der Waals surface area contributed by atoms with Gasteiger partial charge in [0.25, 0.3) is 0 Å². The zero-order valence-corrected chi connectivity index (χ0v) is 10.7. The third kappa shape index (κ3) is 3.06. The standard InChI is InChI=1S/C12H12BrNO3/c13-9-4-2-1-3-8(9)7-11(15)14-10-5-6-17-12(10)16/h1-4,10H,5-7H2,(H,14,15)/t10-/m0/s1. The fourth-order valence-corrected chi connectivity index (χ4v) is 2.11. The van der Waals surface area contributed by atoms with Crippen molar-refractivity contribution in [3.05, 3.63) is 34.3 Å². The summed E-state index contributed by atoms with van der Waals surface area (Å²) in [4.78, 5) is 22.9. The second kappa shape index (κ2) is 5.31. The summed E-state index contributed by atoms with van der Waals surface area (Å²) in [6.45, 7) is 0.388. The molecule has 0 unspecified atom stereocenters. The van der Waals surface area contributed by atoms with Crippen LogP contribution in [0.15, 0.2) is 28.7 Å². The molecule has 1 aromatic carbocycles. The molecule has 1 aromatic rings. The van der Waals surface area contributed by atoms with Crippen LogP contribution < -0.4 is 5.32 Å². The summed E-state index contributed by atoms with van der Waals surface area (Å²) in [5.41, 5.74) is 0.899. The molecule has 1 amide bonds. The molecule has 5 heteroatoms. The van der Waals surface area contributed by atoms with Gasteiger partial charge in [0.1, 0.15) is 6.04 Å². The third-order valence-corrected chi connectivity index (χ3v) is 3.35. The van der Waals surface area contributed by atoms with Gasteiger partial charge in [-0.05, 0) is 11.6 Å². The first-order valence-electron chi connectivity index (χ1n) is 5.36. The van der Waals surface area contributed by atoms with E-state index >= 15 is 0 Å². The molecule has 0 saturated carbocycles. The van der Waals surface area contributed by atoms with E-state index in [1.54, 1.807) is 0 Å². The molecule has 1 heterocycles. The summed E-state index contributed by atoms with van der Waals surface area (Å²) in [6, 6.07) is 7.03. The molecule has 1 atom stereocenters. The summed E-state index contributed by atoms with van der Waals surface area (Å²) in [5.74, 6) is -0.508. The molecule has 1 saturated heterocycles. The minimum Gasteiger partial charge on any atom is -0.464 e. The molecule has 0 spiro atoms. The fourth-order valence-electron chi connectivity index (χ4n) is 1.69. The first kappa shape index (κ1) is 12.1. The van der Waals surface area contributed by atoms with E-state index in [4.69, 9.17) is 4.74 Å². The van der Waals surface area contributed by atoms with Gasteiger partial charge < -0.3 is 10.1 Å². The van der Waals surface area contributed by atoms with Crippen LogP contribution in [0.3, 0.4) is 0 Å². The van der Waals surface area contributed by atoms with Gasteiger partial charge in [-0.15, -0.1) is 0 Å². The van der Waals surface area contributed by atoms with Crippen molar-refractivity contribution in [3.63, 3.8) is 0 Å². The van der Waals surface area contributed by atoms with Crippen molar-refractivity contribution in [1.29, 1.82) is 0 Å². The normalized spacial score (nSPS) is 18.9. The average Bonchev–Trinajstić information content (AvgIpc) is 2.68. The number of benzene rings is 1.